The molecule has 1 amide bonds. The summed E-state index contributed by atoms with van der Waals surface area (Å²) in [5.41, 5.74) is 2.02. The Morgan fingerprint density at radius 1 is 1.00 bits per heavy atom. The summed E-state index contributed by atoms with van der Waals surface area (Å²) < 4.78 is 42.1. The quantitative estimate of drug-likeness (QED) is 0.303. The van der Waals surface area contributed by atoms with Crippen LogP contribution in [0.25, 0.3) is 11.3 Å². The van der Waals surface area contributed by atoms with E-state index in [9.17, 15) is 18.0 Å². The molecule has 0 bridgehead atoms. The second-order valence-electron chi connectivity index (χ2n) is 9.82. The average molecular weight is 548 g/mol. The van der Waals surface area contributed by atoms with Crippen molar-refractivity contribution < 1.29 is 18.0 Å². The van der Waals surface area contributed by atoms with Crippen molar-refractivity contribution >= 4 is 23.2 Å². The molecule has 1 aliphatic heterocycles. The van der Waals surface area contributed by atoms with Gasteiger partial charge in [-0.15, -0.1) is 0 Å². The highest BCUT2D eigenvalue weighted by Crippen LogP contribution is 2.38. The molecule has 0 atom stereocenters. The molecule has 0 saturated carbocycles. The molecule has 1 saturated heterocycles. The molecule has 0 radical (unpaired) electrons. The maximum absolute atomic E-state index is 14.0. The lowest BCUT2D eigenvalue weighted by Crippen LogP contribution is -2.29. The molecule has 206 valence electrons. The van der Waals surface area contributed by atoms with E-state index in [-0.39, 0.29) is 23.1 Å². The first-order valence-corrected chi connectivity index (χ1v) is 12.9. The zero-order valence-electron chi connectivity index (χ0n) is 22.0. The van der Waals surface area contributed by atoms with Gasteiger partial charge in [0.2, 0.25) is 5.95 Å². The number of alkyl halides is 3. The molecular weight excluding hydrogens is 519 g/mol. The number of nitrogens with zero attached hydrogens (tertiary/aromatic N) is 5. The van der Waals surface area contributed by atoms with Crippen molar-refractivity contribution in [3.05, 3.63) is 89.6 Å². The third kappa shape index (κ3) is 6.26. The van der Waals surface area contributed by atoms with Crippen LogP contribution in [0.1, 0.15) is 45.9 Å². The minimum absolute atomic E-state index is 0.0517. The van der Waals surface area contributed by atoms with E-state index in [0.29, 0.717) is 22.6 Å². The van der Waals surface area contributed by atoms with Crippen LogP contribution in [0.5, 0.6) is 0 Å². The number of piperidine rings is 1. The lowest BCUT2D eigenvalue weighted by molar-refractivity contribution is -0.137. The molecule has 8 nitrogen and oxygen atoms in total. The molecule has 4 heterocycles. The van der Waals surface area contributed by atoms with Crippen LogP contribution in [0.3, 0.4) is 0 Å². The number of anilines is 3. The van der Waals surface area contributed by atoms with Gasteiger partial charge in [-0.2, -0.15) is 13.2 Å². The molecule has 2 N–H and O–H groups in total. The molecule has 4 aromatic rings. The Labute approximate surface area is 229 Å². The maximum atomic E-state index is 14.0. The number of carbonyl (C=O) groups is 1. The molecule has 0 unspecified atom stereocenters. The van der Waals surface area contributed by atoms with Crippen LogP contribution >= 0.6 is 0 Å². The summed E-state index contributed by atoms with van der Waals surface area (Å²) in [6, 6.07) is 11.1. The van der Waals surface area contributed by atoms with Crippen LogP contribution in [0.15, 0.2) is 67.3 Å². The third-order valence-corrected chi connectivity index (χ3v) is 7.00. The number of aromatic nitrogens is 4. The number of likely N-dealkylation sites (tertiary alicyclic amines) is 1. The summed E-state index contributed by atoms with van der Waals surface area (Å²) in [5.74, 6) is -0.387. The number of hydrogen-bond donors (Lipinski definition) is 2. The number of benzene rings is 1. The first-order valence-electron chi connectivity index (χ1n) is 12.9. The molecule has 11 heteroatoms. The van der Waals surface area contributed by atoms with E-state index in [4.69, 9.17) is 0 Å². The zero-order chi connectivity index (χ0) is 28.3. The van der Waals surface area contributed by atoms with Gasteiger partial charge < -0.3 is 15.5 Å². The summed E-state index contributed by atoms with van der Waals surface area (Å²) in [5, 5.41) is 5.49. The Hall–Kier alpha value is -4.38. The number of pyridine rings is 2. The fourth-order valence-corrected chi connectivity index (χ4v) is 4.69. The van der Waals surface area contributed by atoms with Gasteiger partial charge in [-0.3, -0.25) is 14.8 Å². The Morgan fingerprint density at radius 3 is 2.52 bits per heavy atom. The molecule has 1 aliphatic rings. The predicted molar refractivity (Wildman–Crippen MR) is 146 cm³/mol. The smallest absolute Gasteiger partial charge is 0.323 e. The van der Waals surface area contributed by atoms with Gasteiger partial charge in [-0.25, -0.2) is 9.97 Å². The summed E-state index contributed by atoms with van der Waals surface area (Å²) >= 11 is 0. The Kier molecular flexibility index (Phi) is 7.74. The number of rotatable bonds is 6. The fraction of sp³-hybridized carbons (Fsp3) is 0.276. The maximum Gasteiger partial charge on any atom is 0.418 e. The zero-order valence-corrected chi connectivity index (χ0v) is 22.0. The van der Waals surface area contributed by atoms with Crippen LogP contribution in [-0.2, 0) is 6.18 Å². The Bertz CT molecular complexity index is 1500. The van der Waals surface area contributed by atoms with Crippen molar-refractivity contribution in [3.8, 4) is 11.3 Å². The van der Waals surface area contributed by atoms with Gasteiger partial charge in [0.25, 0.3) is 5.91 Å². The highest BCUT2D eigenvalue weighted by Gasteiger charge is 2.35. The van der Waals surface area contributed by atoms with Crippen molar-refractivity contribution in [2.24, 2.45) is 0 Å². The first kappa shape index (κ1) is 27.2. The van der Waals surface area contributed by atoms with Crippen molar-refractivity contribution in [3.63, 3.8) is 0 Å². The van der Waals surface area contributed by atoms with Gasteiger partial charge in [0, 0.05) is 30.4 Å². The van der Waals surface area contributed by atoms with Crippen molar-refractivity contribution in [2.45, 2.75) is 31.9 Å². The minimum atomic E-state index is -4.63. The number of halogens is 3. The number of amides is 1. The van der Waals surface area contributed by atoms with Crippen molar-refractivity contribution in [2.75, 3.05) is 30.8 Å². The number of carbonyl (C=O) groups excluding carboxylic acids is 1. The number of nitrogens with one attached hydrogen (secondary N) is 2. The largest absolute Gasteiger partial charge is 0.418 e. The van der Waals surface area contributed by atoms with Crippen LogP contribution in [0.2, 0.25) is 0 Å². The molecular formula is C29H28F3N7O. The van der Waals surface area contributed by atoms with Crippen LogP contribution in [-0.4, -0.2) is 50.9 Å². The van der Waals surface area contributed by atoms with E-state index >= 15 is 0 Å². The van der Waals surface area contributed by atoms with Crippen LogP contribution < -0.4 is 10.6 Å². The topological polar surface area (TPSA) is 95.9 Å². The molecule has 0 aliphatic carbocycles. The van der Waals surface area contributed by atoms with Gasteiger partial charge >= 0.3 is 6.18 Å². The second kappa shape index (κ2) is 11.4. The summed E-state index contributed by atoms with van der Waals surface area (Å²) in [4.78, 5) is 32.3. The average Bonchev–Trinajstić information content (AvgIpc) is 2.95. The van der Waals surface area contributed by atoms with Crippen LogP contribution in [0, 0.1) is 6.92 Å². The Morgan fingerprint density at radius 2 is 1.80 bits per heavy atom. The van der Waals surface area contributed by atoms with E-state index in [1.807, 2.05) is 13.1 Å². The van der Waals surface area contributed by atoms with Gasteiger partial charge in [-0.1, -0.05) is 6.07 Å². The Balaban J connectivity index is 1.36. The molecule has 1 fully saturated rings. The molecule has 5 rings (SSSR count). The second-order valence-corrected chi connectivity index (χ2v) is 9.82. The monoisotopic (exact) mass is 547 g/mol. The van der Waals surface area contributed by atoms with E-state index in [2.05, 4.69) is 35.5 Å². The fourth-order valence-electron chi connectivity index (χ4n) is 4.69. The van der Waals surface area contributed by atoms with Gasteiger partial charge in [0.05, 0.1) is 33.9 Å². The van der Waals surface area contributed by atoms with E-state index in [1.165, 1.54) is 24.4 Å². The molecule has 40 heavy (non-hydrogen) atoms. The third-order valence-electron chi connectivity index (χ3n) is 7.00. The van der Waals surface area contributed by atoms with Crippen LogP contribution in [0.4, 0.5) is 30.5 Å². The standard InChI is InChI=1S/C29H28F3N7O/c1-18-26(38-28-34-11-7-24(37-28)21-4-3-10-33-16-21)15-22(17-35-18)27(40)36-25-6-5-20(14-23(25)29(30,31)32)19-8-12-39(2)13-9-19/h3-7,10-11,14-17,19H,8-9,12-13H2,1-2H3,(H,36,40)(H,34,37,38). The normalized spacial score (nSPS) is 14.6. The molecule has 1 aromatic carbocycles. The summed E-state index contributed by atoms with van der Waals surface area (Å²) in [6.07, 6.45) is 3.21. The van der Waals surface area contributed by atoms with Gasteiger partial charge in [0.15, 0.2) is 0 Å². The van der Waals surface area contributed by atoms with Crippen molar-refractivity contribution in [1.29, 1.82) is 0 Å². The number of aryl methyl sites for hydroxylation is 1. The molecule has 0 spiro atoms. The van der Waals surface area contributed by atoms with Crippen molar-refractivity contribution in [1.82, 2.24) is 24.8 Å². The van der Waals surface area contributed by atoms with Gasteiger partial charge in [0.1, 0.15) is 0 Å². The summed E-state index contributed by atoms with van der Waals surface area (Å²) in [6.45, 7) is 3.40. The first-order chi connectivity index (χ1) is 19.2. The predicted octanol–water partition coefficient (Wildman–Crippen LogP) is 6.07. The van der Waals surface area contributed by atoms with E-state index in [0.717, 1.165) is 31.5 Å². The highest BCUT2D eigenvalue weighted by molar-refractivity contribution is 6.05. The molecule has 3 aromatic heterocycles. The SMILES string of the molecule is Cc1ncc(C(=O)Nc2ccc(C3CCN(C)CC3)cc2C(F)(F)F)cc1Nc1nccc(-c2cccnc2)n1. The highest BCUT2D eigenvalue weighted by atomic mass is 19.4. The minimum Gasteiger partial charge on any atom is -0.323 e. The summed E-state index contributed by atoms with van der Waals surface area (Å²) in [7, 11) is 2.00. The van der Waals surface area contributed by atoms with E-state index < -0.39 is 17.6 Å². The lowest BCUT2D eigenvalue weighted by atomic mass is 9.88. The van der Waals surface area contributed by atoms with Gasteiger partial charge in [-0.05, 0) is 87.8 Å². The number of hydrogen-bond acceptors (Lipinski definition) is 7. The lowest BCUT2D eigenvalue weighted by Gasteiger charge is -2.29. The van der Waals surface area contributed by atoms with E-state index in [1.54, 1.807) is 43.7 Å².